The van der Waals surface area contributed by atoms with Gasteiger partial charge in [0.1, 0.15) is 30.0 Å². The van der Waals surface area contributed by atoms with Crippen molar-refractivity contribution in [1.29, 1.82) is 5.26 Å². The van der Waals surface area contributed by atoms with Gasteiger partial charge in [-0.15, -0.1) is 0 Å². The summed E-state index contributed by atoms with van der Waals surface area (Å²) in [6.45, 7) is 15.1. The molecule has 2 N–H and O–H groups in total. The molecule has 4 aliphatic rings. The van der Waals surface area contributed by atoms with Gasteiger partial charge in [0.25, 0.3) is 0 Å². The highest BCUT2D eigenvalue weighted by atomic mass is 16.7. The first kappa shape index (κ1) is 38.0. The van der Waals surface area contributed by atoms with Gasteiger partial charge < -0.3 is 43.8 Å². The summed E-state index contributed by atoms with van der Waals surface area (Å²) in [5, 5.41) is 16.7. The second kappa shape index (κ2) is 15.0. The van der Waals surface area contributed by atoms with Gasteiger partial charge in [0, 0.05) is 48.0 Å². The van der Waals surface area contributed by atoms with Crippen molar-refractivity contribution in [3.8, 4) is 34.8 Å². The molecule has 2 aromatic carbocycles. The number of aryl methyl sites for hydroxylation is 1. The summed E-state index contributed by atoms with van der Waals surface area (Å²) in [7, 11) is 5.27. The molecular weight excluding hydrogens is 682 g/mol. The van der Waals surface area contributed by atoms with Crippen LogP contribution in [0.1, 0.15) is 73.2 Å². The zero-order chi connectivity index (χ0) is 38.4. The van der Waals surface area contributed by atoms with Crippen LogP contribution in [0.2, 0.25) is 0 Å². The van der Waals surface area contributed by atoms with Gasteiger partial charge in [-0.3, -0.25) is 14.6 Å². The fourth-order valence-corrected chi connectivity index (χ4v) is 8.50. The maximum Gasteiger partial charge on any atom is 0.408 e. The molecule has 0 aliphatic carbocycles. The molecule has 4 heterocycles. The van der Waals surface area contributed by atoms with Crippen molar-refractivity contribution in [2.75, 3.05) is 48.0 Å². The lowest BCUT2D eigenvalue weighted by molar-refractivity contribution is -0.123. The summed E-state index contributed by atoms with van der Waals surface area (Å²) < 4.78 is 41.6. The highest BCUT2D eigenvalue weighted by Crippen LogP contribution is 2.58. The van der Waals surface area contributed by atoms with E-state index in [1.165, 1.54) is 0 Å². The second-order valence-corrected chi connectivity index (χ2v) is 15.0. The molecule has 2 unspecified atom stereocenters. The first-order valence-electron chi connectivity index (χ1n) is 17.9. The molecular formula is C39H51N5O9. The fraction of sp³-hybridized carbons (Fsp3) is 0.564. The number of amides is 2. The van der Waals surface area contributed by atoms with Crippen LogP contribution < -0.4 is 34.3 Å². The van der Waals surface area contributed by atoms with E-state index in [4.69, 9.17) is 33.2 Å². The Hall–Kier alpha value is -4.71. The highest BCUT2D eigenvalue weighted by Gasteiger charge is 2.57. The Morgan fingerprint density at radius 3 is 2.49 bits per heavy atom. The van der Waals surface area contributed by atoms with Gasteiger partial charge in [-0.2, -0.15) is 5.26 Å². The van der Waals surface area contributed by atoms with Gasteiger partial charge in [0.05, 0.1) is 25.3 Å². The molecule has 4 aliphatic heterocycles. The Bertz CT molecular complexity index is 1820. The number of nitrogens with one attached hydrogen (secondary N) is 2. The van der Waals surface area contributed by atoms with Crippen molar-refractivity contribution in [1.82, 2.24) is 20.4 Å². The predicted molar refractivity (Wildman–Crippen MR) is 195 cm³/mol. The summed E-state index contributed by atoms with van der Waals surface area (Å²) in [4.78, 5) is 30.7. The number of carbonyl (C=O) groups is 2. The standard InChI is InChI=1S/C39H51N5O9/c1-11-12-49-33-21(3)34-36(52-19-51-34)30-24(33)15-26-31-29-23(13-20(2)32(48-10)35(29)50-18-47-9)14-25(43(31)8)27(16-40)44(26)28(30)17-41-37(45)22(4)42-38(46)53-39(5,6)7/h11,13,22,25-28,31H,1,12,14-15,17-19H2,2-10H3,(H,41,45)(H,42,46)/t22-,25-,26?,27-,28-,31?/m0/s1. The lowest BCUT2D eigenvalue weighted by Crippen LogP contribution is -2.69. The smallest absolute Gasteiger partial charge is 0.408 e. The van der Waals surface area contributed by atoms with Crippen molar-refractivity contribution < 1.29 is 42.7 Å². The average molecular weight is 734 g/mol. The number of benzene rings is 2. The highest BCUT2D eigenvalue weighted by molar-refractivity contribution is 5.85. The number of hydrogen-bond acceptors (Lipinski definition) is 12. The number of methoxy groups -OCH3 is 2. The number of nitriles is 1. The summed E-state index contributed by atoms with van der Waals surface area (Å²) >= 11 is 0. The van der Waals surface area contributed by atoms with Crippen molar-refractivity contribution in [2.45, 2.75) is 96.2 Å². The normalized spacial score (nSPS) is 23.4. The molecule has 0 spiro atoms. The van der Waals surface area contributed by atoms with E-state index in [1.54, 1.807) is 48.0 Å². The molecule has 14 heteroatoms. The van der Waals surface area contributed by atoms with E-state index in [0.29, 0.717) is 41.6 Å². The topological polar surface area (TPSA) is 153 Å². The molecule has 6 rings (SSSR count). The summed E-state index contributed by atoms with van der Waals surface area (Å²) in [6.07, 6.45) is 2.07. The van der Waals surface area contributed by atoms with Gasteiger partial charge in [0.15, 0.2) is 29.8 Å². The van der Waals surface area contributed by atoms with Crippen molar-refractivity contribution in [3.05, 3.63) is 52.1 Å². The van der Waals surface area contributed by atoms with Crippen LogP contribution in [-0.2, 0) is 27.1 Å². The van der Waals surface area contributed by atoms with Crippen LogP contribution in [0.15, 0.2) is 18.7 Å². The molecule has 1 saturated heterocycles. The van der Waals surface area contributed by atoms with Crippen LogP contribution in [0, 0.1) is 25.2 Å². The van der Waals surface area contributed by atoms with Crippen LogP contribution in [0.5, 0.6) is 28.7 Å². The van der Waals surface area contributed by atoms with Crippen molar-refractivity contribution >= 4 is 12.0 Å². The van der Waals surface area contributed by atoms with E-state index in [2.05, 4.69) is 46.2 Å². The zero-order valence-electron chi connectivity index (χ0n) is 32.1. The van der Waals surface area contributed by atoms with E-state index < -0.39 is 35.7 Å². The van der Waals surface area contributed by atoms with Gasteiger partial charge >= 0.3 is 6.09 Å². The minimum atomic E-state index is -0.903. The Balaban J connectivity index is 1.50. The third kappa shape index (κ3) is 6.82. The van der Waals surface area contributed by atoms with Crippen LogP contribution in [0.3, 0.4) is 0 Å². The first-order chi connectivity index (χ1) is 25.3. The molecule has 0 aromatic heterocycles. The van der Waals surface area contributed by atoms with Crippen molar-refractivity contribution in [2.24, 2.45) is 0 Å². The van der Waals surface area contributed by atoms with E-state index in [-0.39, 0.29) is 44.9 Å². The van der Waals surface area contributed by atoms with Crippen LogP contribution in [0.25, 0.3) is 0 Å². The van der Waals surface area contributed by atoms with E-state index >= 15 is 0 Å². The number of hydrogen-bond donors (Lipinski definition) is 2. The molecule has 2 aromatic rings. The van der Waals surface area contributed by atoms with E-state index in [0.717, 1.165) is 33.4 Å². The number of alkyl carbamates (subject to hydrolysis) is 1. The number of likely N-dealkylation sites (N-methyl/N-ethyl adjacent to an activating group) is 1. The van der Waals surface area contributed by atoms with Crippen LogP contribution in [-0.4, -0.2) is 99.6 Å². The maximum absolute atomic E-state index is 13.7. The fourth-order valence-electron chi connectivity index (χ4n) is 8.50. The largest absolute Gasteiger partial charge is 0.493 e. The molecule has 2 amide bonds. The Labute approximate surface area is 311 Å². The number of piperazine rings is 1. The predicted octanol–water partition coefficient (Wildman–Crippen LogP) is 4.39. The van der Waals surface area contributed by atoms with Crippen LogP contribution >= 0.6 is 0 Å². The second-order valence-electron chi connectivity index (χ2n) is 15.0. The quantitative estimate of drug-likeness (QED) is 0.249. The Morgan fingerprint density at radius 2 is 1.83 bits per heavy atom. The molecule has 14 nitrogen and oxygen atoms in total. The maximum atomic E-state index is 13.7. The van der Waals surface area contributed by atoms with Crippen LogP contribution in [0.4, 0.5) is 4.79 Å². The monoisotopic (exact) mass is 733 g/mol. The van der Waals surface area contributed by atoms with E-state index in [1.807, 2.05) is 13.8 Å². The zero-order valence-corrected chi connectivity index (χ0v) is 32.1. The van der Waals surface area contributed by atoms with Crippen molar-refractivity contribution in [3.63, 3.8) is 0 Å². The molecule has 0 saturated carbocycles. The van der Waals surface area contributed by atoms with E-state index in [9.17, 15) is 14.9 Å². The number of carbonyl (C=O) groups excluding carboxylic acids is 2. The molecule has 53 heavy (non-hydrogen) atoms. The number of fused-ring (bicyclic) bond motifs is 9. The number of rotatable bonds is 11. The molecule has 6 atom stereocenters. The third-order valence-electron chi connectivity index (χ3n) is 10.5. The van der Waals surface area contributed by atoms with Gasteiger partial charge in [-0.1, -0.05) is 18.7 Å². The number of ether oxygens (including phenoxy) is 7. The first-order valence-corrected chi connectivity index (χ1v) is 17.9. The average Bonchev–Trinajstić information content (AvgIpc) is 3.59. The SMILES string of the molecule is C=CCOc1c(C)c2c(c3c1CC1C4c5c(cc(C)c(OC)c5OCOC)C[C@@H]([C@H](C#N)N1[C@H]3CNC(=O)[C@H](C)NC(=O)OC(C)(C)C)N4C)OCO2. The minimum absolute atomic E-state index is 0.0231. The lowest BCUT2D eigenvalue weighted by Gasteiger charge is -2.60. The molecule has 1 fully saturated rings. The minimum Gasteiger partial charge on any atom is -0.493 e. The third-order valence-corrected chi connectivity index (χ3v) is 10.5. The lowest BCUT2D eigenvalue weighted by atomic mass is 9.71. The summed E-state index contributed by atoms with van der Waals surface area (Å²) in [5.41, 5.74) is 4.77. The summed E-state index contributed by atoms with van der Waals surface area (Å²) in [6, 6.07) is 2.01. The van der Waals surface area contributed by atoms with Gasteiger partial charge in [-0.05, 0) is 72.6 Å². The van der Waals surface area contributed by atoms with Gasteiger partial charge in [0.2, 0.25) is 12.7 Å². The molecule has 286 valence electrons. The number of nitrogens with zero attached hydrogens (tertiary/aromatic N) is 3. The Morgan fingerprint density at radius 1 is 1.09 bits per heavy atom. The molecule has 0 radical (unpaired) electrons. The Kier molecular flexibility index (Phi) is 10.7. The molecule has 2 bridgehead atoms. The summed E-state index contributed by atoms with van der Waals surface area (Å²) in [5.74, 6) is 2.63. The van der Waals surface area contributed by atoms with Gasteiger partial charge in [-0.25, -0.2) is 4.79 Å².